The van der Waals surface area contributed by atoms with Gasteiger partial charge in [0.15, 0.2) is 6.20 Å². The molecule has 176 valence electrons. The molecule has 0 N–H and O–H groups in total. The van der Waals surface area contributed by atoms with Crippen molar-refractivity contribution in [3.8, 4) is 11.4 Å². The highest BCUT2D eigenvalue weighted by atomic mass is 79.9. The Morgan fingerprint density at radius 1 is 1.21 bits per heavy atom. The van der Waals surface area contributed by atoms with Gasteiger partial charge in [-0.05, 0) is 62.1 Å². The standard InChI is InChI=1S/C22H19BrF2N6O3/c1-2-29-13-14(11-27-29)7-18-10-21(25)28-30(18)19-4-3-17(24)8-15(19)5-6-34-20-9-16(23)12-26-22(20)31(32)33/h3-4,8-13H,2,5-7H2,1H3. The number of benzene rings is 1. The molecule has 0 aliphatic rings. The number of halogens is 3. The molecule has 3 aromatic heterocycles. The van der Waals surface area contributed by atoms with Crippen LogP contribution in [0.3, 0.4) is 0 Å². The van der Waals surface area contributed by atoms with E-state index in [1.807, 2.05) is 13.1 Å². The molecular weight excluding hydrogens is 514 g/mol. The summed E-state index contributed by atoms with van der Waals surface area (Å²) in [6.07, 6.45) is 5.43. The second-order valence-electron chi connectivity index (χ2n) is 7.36. The van der Waals surface area contributed by atoms with Crippen LogP contribution in [0.5, 0.6) is 5.75 Å². The molecule has 0 aliphatic heterocycles. The molecule has 0 atom stereocenters. The van der Waals surface area contributed by atoms with Crippen LogP contribution in [0.4, 0.5) is 14.6 Å². The van der Waals surface area contributed by atoms with Gasteiger partial charge in [0.05, 0.1) is 28.7 Å². The molecule has 3 heterocycles. The number of aryl methyl sites for hydroxylation is 1. The van der Waals surface area contributed by atoms with Crippen LogP contribution in [-0.4, -0.2) is 36.1 Å². The molecule has 0 spiro atoms. The van der Waals surface area contributed by atoms with Crippen LogP contribution in [0.2, 0.25) is 0 Å². The van der Waals surface area contributed by atoms with E-state index in [1.54, 1.807) is 10.9 Å². The highest BCUT2D eigenvalue weighted by molar-refractivity contribution is 9.10. The highest BCUT2D eigenvalue weighted by Crippen LogP contribution is 2.28. The van der Waals surface area contributed by atoms with Gasteiger partial charge in [-0.15, -0.1) is 5.10 Å². The molecule has 12 heteroatoms. The molecule has 1 aromatic carbocycles. The maximum absolute atomic E-state index is 14.2. The molecule has 34 heavy (non-hydrogen) atoms. The highest BCUT2D eigenvalue weighted by Gasteiger charge is 2.19. The van der Waals surface area contributed by atoms with Crippen LogP contribution in [0, 0.1) is 21.9 Å². The number of nitrogens with zero attached hydrogens (tertiary/aromatic N) is 6. The van der Waals surface area contributed by atoms with Crippen molar-refractivity contribution in [1.82, 2.24) is 24.5 Å². The summed E-state index contributed by atoms with van der Waals surface area (Å²) >= 11 is 3.21. The first-order chi connectivity index (χ1) is 16.3. The Hall–Kier alpha value is -3.67. The average Bonchev–Trinajstić information content (AvgIpc) is 3.40. The first-order valence-electron chi connectivity index (χ1n) is 10.3. The maximum atomic E-state index is 14.2. The number of hydrogen-bond donors (Lipinski definition) is 0. The van der Waals surface area contributed by atoms with E-state index in [2.05, 4.69) is 31.1 Å². The third-order valence-corrected chi connectivity index (χ3v) is 5.45. The summed E-state index contributed by atoms with van der Waals surface area (Å²) in [4.78, 5) is 14.3. The summed E-state index contributed by atoms with van der Waals surface area (Å²) in [5.41, 5.74) is 2.42. The molecule has 0 radical (unpaired) electrons. The zero-order valence-electron chi connectivity index (χ0n) is 18.0. The lowest BCUT2D eigenvalue weighted by atomic mass is 10.1. The van der Waals surface area contributed by atoms with Gasteiger partial charge in [-0.2, -0.15) is 9.49 Å². The molecule has 0 aliphatic carbocycles. The van der Waals surface area contributed by atoms with E-state index in [1.165, 1.54) is 41.2 Å². The monoisotopic (exact) mass is 532 g/mol. The van der Waals surface area contributed by atoms with Gasteiger partial charge in [-0.1, -0.05) is 0 Å². The van der Waals surface area contributed by atoms with E-state index in [0.29, 0.717) is 34.4 Å². The van der Waals surface area contributed by atoms with E-state index in [4.69, 9.17) is 4.74 Å². The SMILES string of the molecule is CCn1cc(Cc2cc(F)nn2-c2ccc(F)cc2CCOc2cc(Br)cnc2[N+](=O)[O-])cn1. The minimum Gasteiger partial charge on any atom is -0.485 e. The van der Waals surface area contributed by atoms with Crippen LogP contribution in [0.25, 0.3) is 5.69 Å². The van der Waals surface area contributed by atoms with Crippen molar-refractivity contribution < 1.29 is 18.4 Å². The van der Waals surface area contributed by atoms with Crippen molar-refractivity contribution in [2.75, 3.05) is 6.61 Å². The van der Waals surface area contributed by atoms with Gasteiger partial charge in [0.2, 0.25) is 11.7 Å². The lowest BCUT2D eigenvalue weighted by molar-refractivity contribution is -0.390. The molecule has 0 saturated heterocycles. The summed E-state index contributed by atoms with van der Waals surface area (Å²) in [6.45, 7) is 2.67. The van der Waals surface area contributed by atoms with Crippen LogP contribution < -0.4 is 4.74 Å². The third-order valence-electron chi connectivity index (χ3n) is 5.02. The van der Waals surface area contributed by atoms with Crippen LogP contribution in [-0.2, 0) is 19.4 Å². The fourth-order valence-corrected chi connectivity index (χ4v) is 3.80. The number of ether oxygens (including phenoxy) is 1. The molecule has 9 nitrogen and oxygen atoms in total. The summed E-state index contributed by atoms with van der Waals surface area (Å²) < 4.78 is 37.5. The van der Waals surface area contributed by atoms with E-state index in [-0.39, 0.29) is 18.8 Å². The predicted molar refractivity (Wildman–Crippen MR) is 122 cm³/mol. The quantitative estimate of drug-likeness (QED) is 0.230. The minimum absolute atomic E-state index is 0.00220. The number of nitro groups is 1. The van der Waals surface area contributed by atoms with E-state index < -0.39 is 22.5 Å². The predicted octanol–water partition coefficient (Wildman–Crippen LogP) is 4.64. The summed E-state index contributed by atoms with van der Waals surface area (Å²) in [7, 11) is 0. The fourth-order valence-electron chi connectivity index (χ4n) is 3.49. The molecule has 4 rings (SSSR count). The van der Waals surface area contributed by atoms with Crippen molar-refractivity contribution in [1.29, 1.82) is 0 Å². The van der Waals surface area contributed by atoms with E-state index in [9.17, 15) is 18.9 Å². The molecule has 0 amide bonds. The molecule has 0 bridgehead atoms. The van der Waals surface area contributed by atoms with Crippen LogP contribution in [0.15, 0.2) is 53.4 Å². The second-order valence-corrected chi connectivity index (χ2v) is 8.27. The Bertz CT molecular complexity index is 1340. The Morgan fingerprint density at radius 3 is 2.76 bits per heavy atom. The van der Waals surface area contributed by atoms with Crippen LogP contribution >= 0.6 is 15.9 Å². The van der Waals surface area contributed by atoms with Crippen LogP contribution in [0.1, 0.15) is 23.7 Å². The van der Waals surface area contributed by atoms with E-state index >= 15 is 0 Å². The molecule has 0 fully saturated rings. The zero-order chi connectivity index (χ0) is 24.2. The van der Waals surface area contributed by atoms with Gasteiger partial charge >= 0.3 is 5.82 Å². The minimum atomic E-state index is -0.666. The smallest absolute Gasteiger partial charge is 0.406 e. The van der Waals surface area contributed by atoms with Crippen molar-refractivity contribution >= 4 is 21.7 Å². The zero-order valence-corrected chi connectivity index (χ0v) is 19.6. The number of aromatic nitrogens is 5. The van der Waals surface area contributed by atoms with Gasteiger partial charge in [0.1, 0.15) is 5.82 Å². The van der Waals surface area contributed by atoms with E-state index in [0.717, 1.165) is 5.56 Å². The molecule has 4 aromatic rings. The average molecular weight is 533 g/mol. The van der Waals surface area contributed by atoms with Gasteiger partial charge in [0, 0.05) is 37.7 Å². The Morgan fingerprint density at radius 2 is 2.03 bits per heavy atom. The fraction of sp³-hybridized carbons (Fsp3) is 0.227. The van der Waals surface area contributed by atoms with Gasteiger partial charge in [0.25, 0.3) is 0 Å². The van der Waals surface area contributed by atoms with Crippen molar-refractivity contribution in [3.05, 3.63) is 92.1 Å². The summed E-state index contributed by atoms with van der Waals surface area (Å²) in [5, 5.41) is 19.4. The lowest BCUT2D eigenvalue weighted by Gasteiger charge is -2.13. The topological polar surface area (TPSA) is 101 Å². The molecular formula is C22H19BrF2N6O3. The molecule has 0 unspecified atom stereocenters. The van der Waals surface area contributed by atoms with Gasteiger partial charge < -0.3 is 14.9 Å². The lowest BCUT2D eigenvalue weighted by Crippen LogP contribution is -2.10. The second kappa shape index (κ2) is 10.1. The summed E-state index contributed by atoms with van der Waals surface area (Å²) in [6, 6.07) is 6.85. The van der Waals surface area contributed by atoms with Gasteiger partial charge in [-0.3, -0.25) is 4.68 Å². The third kappa shape index (κ3) is 5.28. The van der Waals surface area contributed by atoms with Crippen molar-refractivity contribution in [2.24, 2.45) is 0 Å². The number of pyridine rings is 1. The Balaban J connectivity index is 1.59. The number of hydrogen-bond acceptors (Lipinski definition) is 6. The normalized spacial score (nSPS) is 11.1. The first kappa shape index (κ1) is 23.5. The number of rotatable bonds is 9. The summed E-state index contributed by atoms with van der Waals surface area (Å²) in [5.74, 6) is -1.59. The van der Waals surface area contributed by atoms with Crippen molar-refractivity contribution in [3.63, 3.8) is 0 Å². The first-order valence-corrected chi connectivity index (χ1v) is 11.1. The van der Waals surface area contributed by atoms with Gasteiger partial charge in [-0.25, -0.2) is 9.07 Å². The largest absolute Gasteiger partial charge is 0.485 e. The molecule has 0 saturated carbocycles. The maximum Gasteiger partial charge on any atom is 0.406 e. The van der Waals surface area contributed by atoms with Crippen molar-refractivity contribution in [2.45, 2.75) is 26.3 Å². The Kier molecular flexibility index (Phi) is 6.96. The Labute approximate surface area is 201 Å².